The number of anilines is 3. The quantitative estimate of drug-likeness (QED) is 0.224. The van der Waals surface area contributed by atoms with Gasteiger partial charge in [0, 0.05) is 6.07 Å². The number of ether oxygens (including phenoxy) is 2. The third-order valence-corrected chi connectivity index (χ3v) is 4.29. The smallest absolute Gasteiger partial charge is 0.283 e. The molecule has 0 spiro atoms. The van der Waals surface area contributed by atoms with Gasteiger partial charge in [0.1, 0.15) is 23.9 Å². The third-order valence-electron chi connectivity index (χ3n) is 3.98. The average molecular weight is 397 g/mol. The number of para-hydroxylation sites is 3. The van der Waals surface area contributed by atoms with Crippen LogP contribution in [0.25, 0.3) is 0 Å². The van der Waals surface area contributed by atoms with Crippen molar-refractivity contribution in [2.75, 3.05) is 24.0 Å². The summed E-state index contributed by atoms with van der Waals surface area (Å²) in [7, 11) is 1.96. The number of aryl methyl sites for hydroxylation is 1. The molecule has 5 nitrogen and oxygen atoms in total. The molecule has 0 aliphatic rings. The summed E-state index contributed by atoms with van der Waals surface area (Å²) in [5.41, 5.74) is 1.86. The molecule has 1 heterocycles. The topological polar surface area (TPSA) is 46.4 Å². The fourth-order valence-electron chi connectivity index (χ4n) is 2.55. The summed E-state index contributed by atoms with van der Waals surface area (Å²) < 4.78 is 13.3. The molecule has 28 heavy (non-hydrogen) atoms. The molecular weight excluding hydrogens is 374 g/mol. The zero-order valence-electron chi connectivity index (χ0n) is 15.7. The van der Waals surface area contributed by atoms with Gasteiger partial charge < -0.3 is 14.8 Å². The molecule has 0 saturated carbocycles. The fraction of sp³-hybridized carbons (Fsp3) is 0.136. The lowest BCUT2D eigenvalue weighted by Gasteiger charge is -2.12. The number of nitrogens with zero attached hydrogens (tertiary/aromatic N) is 1. The van der Waals surface area contributed by atoms with E-state index in [1.165, 1.54) is 0 Å². The predicted molar refractivity (Wildman–Crippen MR) is 114 cm³/mol. The van der Waals surface area contributed by atoms with Crippen molar-refractivity contribution in [2.45, 2.75) is 0 Å². The fourth-order valence-corrected chi connectivity index (χ4v) is 2.72. The third kappa shape index (κ3) is 5.25. The molecule has 0 unspecified atom stereocenters. The number of benzene rings is 2. The van der Waals surface area contributed by atoms with Gasteiger partial charge in [0.15, 0.2) is 0 Å². The van der Waals surface area contributed by atoms with Crippen LogP contribution in [0.1, 0.15) is 0 Å². The Bertz CT molecular complexity index is 947. The predicted octanol–water partition coefficient (Wildman–Crippen LogP) is 5.27. The van der Waals surface area contributed by atoms with Gasteiger partial charge in [0.05, 0.1) is 36.6 Å². The second kappa shape index (κ2) is 9.78. The van der Waals surface area contributed by atoms with Gasteiger partial charge in [0.25, 0.3) is 5.82 Å². The molecule has 0 bridgehead atoms. The summed E-state index contributed by atoms with van der Waals surface area (Å²) in [6, 6.07) is 19.1. The number of hydrogen-bond donors (Lipinski definition) is 2. The van der Waals surface area contributed by atoms with Crippen LogP contribution < -0.4 is 19.9 Å². The highest BCUT2D eigenvalue weighted by Crippen LogP contribution is 2.30. The maximum absolute atomic E-state index is 6.19. The summed E-state index contributed by atoms with van der Waals surface area (Å²) >= 11 is 6.19. The van der Waals surface area contributed by atoms with Crippen molar-refractivity contribution in [1.82, 2.24) is 0 Å². The van der Waals surface area contributed by atoms with Gasteiger partial charge in [-0.25, -0.2) is 9.88 Å². The minimum atomic E-state index is 0.395. The SMILES string of the molecule is C=CCOCNc1ccccc1Nc1cc(Oc2ccccc2Cl)cc[n+]1C. The lowest BCUT2D eigenvalue weighted by Crippen LogP contribution is -2.31. The van der Waals surface area contributed by atoms with Gasteiger partial charge in [0.2, 0.25) is 0 Å². The first-order chi connectivity index (χ1) is 13.7. The van der Waals surface area contributed by atoms with Gasteiger partial charge in [-0.3, -0.25) is 0 Å². The first-order valence-electron chi connectivity index (χ1n) is 8.88. The Morgan fingerprint density at radius 3 is 2.61 bits per heavy atom. The highest BCUT2D eigenvalue weighted by molar-refractivity contribution is 6.32. The molecule has 6 heteroatoms. The molecule has 0 atom stereocenters. The van der Waals surface area contributed by atoms with Crippen LogP contribution >= 0.6 is 11.6 Å². The zero-order valence-corrected chi connectivity index (χ0v) is 16.4. The highest BCUT2D eigenvalue weighted by atomic mass is 35.5. The zero-order chi connectivity index (χ0) is 19.8. The van der Waals surface area contributed by atoms with E-state index in [1.807, 2.05) is 72.4 Å². The number of aromatic nitrogens is 1. The minimum Gasteiger partial charge on any atom is -0.455 e. The average Bonchev–Trinajstić information content (AvgIpc) is 2.71. The lowest BCUT2D eigenvalue weighted by molar-refractivity contribution is -0.657. The number of halogens is 1. The van der Waals surface area contributed by atoms with Gasteiger partial charge >= 0.3 is 0 Å². The molecule has 144 valence electrons. The van der Waals surface area contributed by atoms with Crippen LogP contribution in [0.3, 0.4) is 0 Å². The Morgan fingerprint density at radius 2 is 1.82 bits per heavy atom. The Kier molecular flexibility index (Phi) is 6.89. The lowest BCUT2D eigenvalue weighted by atomic mass is 10.2. The first-order valence-corrected chi connectivity index (χ1v) is 9.26. The minimum absolute atomic E-state index is 0.395. The normalized spacial score (nSPS) is 10.4. The maximum atomic E-state index is 6.19. The Balaban J connectivity index is 1.77. The van der Waals surface area contributed by atoms with E-state index in [2.05, 4.69) is 17.2 Å². The van der Waals surface area contributed by atoms with E-state index in [1.54, 1.807) is 12.1 Å². The molecule has 3 rings (SSSR count). The van der Waals surface area contributed by atoms with Crippen molar-refractivity contribution in [1.29, 1.82) is 0 Å². The van der Waals surface area contributed by atoms with Crippen LogP contribution in [0.15, 0.2) is 79.5 Å². The molecule has 0 fully saturated rings. The molecule has 2 N–H and O–H groups in total. The van der Waals surface area contributed by atoms with Crippen molar-refractivity contribution >= 4 is 28.8 Å². The first kappa shape index (κ1) is 19.7. The molecule has 2 aromatic carbocycles. The van der Waals surface area contributed by atoms with Crippen molar-refractivity contribution in [2.24, 2.45) is 7.05 Å². The van der Waals surface area contributed by atoms with E-state index < -0.39 is 0 Å². The van der Waals surface area contributed by atoms with Gasteiger partial charge in [-0.15, -0.1) is 6.58 Å². The molecule has 0 aliphatic carbocycles. The van der Waals surface area contributed by atoms with Crippen molar-refractivity contribution in [3.63, 3.8) is 0 Å². The van der Waals surface area contributed by atoms with E-state index in [9.17, 15) is 0 Å². The standard InChI is InChI=1S/C22H22ClN3O2/c1-3-14-27-16-24-19-9-5-6-10-20(19)25-22-15-17(12-13-26(22)2)28-21-11-7-4-8-18(21)23/h3-13,15,24H,1,14,16H2,2H3/p+1. The molecule has 1 aromatic heterocycles. The second-order valence-electron chi connectivity index (χ2n) is 6.04. The van der Waals surface area contributed by atoms with E-state index in [-0.39, 0.29) is 0 Å². The van der Waals surface area contributed by atoms with E-state index in [0.717, 1.165) is 17.2 Å². The Hall–Kier alpha value is -3.02. The summed E-state index contributed by atoms with van der Waals surface area (Å²) in [5, 5.41) is 7.26. The summed E-state index contributed by atoms with van der Waals surface area (Å²) in [6.07, 6.45) is 3.65. The maximum Gasteiger partial charge on any atom is 0.283 e. The highest BCUT2D eigenvalue weighted by Gasteiger charge is 2.13. The molecule has 0 aliphatic heterocycles. The summed E-state index contributed by atoms with van der Waals surface area (Å²) in [4.78, 5) is 0. The van der Waals surface area contributed by atoms with Crippen LogP contribution in [-0.4, -0.2) is 13.3 Å². The van der Waals surface area contributed by atoms with E-state index in [0.29, 0.717) is 29.9 Å². The summed E-state index contributed by atoms with van der Waals surface area (Å²) in [5.74, 6) is 2.17. The number of hydrogen-bond acceptors (Lipinski definition) is 4. The van der Waals surface area contributed by atoms with Gasteiger partial charge in [-0.2, -0.15) is 0 Å². The van der Waals surface area contributed by atoms with Crippen LogP contribution in [0.5, 0.6) is 11.5 Å². The van der Waals surface area contributed by atoms with Crippen molar-refractivity contribution < 1.29 is 14.0 Å². The van der Waals surface area contributed by atoms with Crippen molar-refractivity contribution in [3.05, 3.63) is 84.5 Å². The largest absolute Gasteiger partial charge is 0.455 e. The molecule has 0 saturated heterocycles. The summed E-state index contributed by atoms with van der Waals surface area (Å²) in [6.45, 7) is 4.54. The van der Waals surface area contributed by atoms with Crippen LogP contribution in [0.2, 0.25) is 5.02 Å². The molecule has 0 amide bonds. The Labute approximate surface area is 170 Å². The number of nitrogens with one attached hydrogen (secondary N) is 2. The van der Waals surface area contributed by atoms with E-state index >= 15 is 0 Å². The number of pyridine rings is 1. The van der Waals surface area contributed by atoms with Gasteiger partial charge in [-0.1, -0.05) is 41.9 Å². The van der Waals surface area contributed by atoms with Gasteiger partial charge in [-0.05, 0) is 24.3 Å². The second-order valence-corrected chi connectivity index (χ2v) is 6.45. The van der Waals surface area contributed by atoms with Crippen LogP contribution in [-0.2, 0) is 11.8 Å². The Morgan fingerprint density at radius 1 is 1.07 bits per heavy atom. The van der Waals surface area contributed by atoms with Crippen LogP contribution in [0.4, 0.5) is 17.2 Å². The number of rotatable bonds is 9. The molecule has 3 aromatic rings. The van der Waals surface area contributed by atoms with E-state index in [4.69, 9.17) is 21.1 Å². The van der Waals surface area contributed by atoms with Crippen LogP contribution in [0, 0.1) is 0 Å². The molecule has 0 radical (unpaired) electrons. The van der Waals surface area contributed by atoms with Crippen molar-refractivity contribution in [3.8, 4) is 11.5 Å². The molecular formula is C22H23ClN3O2+. The monoisotopic (exact) mass is 396 g/mol.